The lowest BCUT2D eigenvalue weighted by molar-refractivity contribution is -0.142. The van der Waals surface area contributed by atoms with Gasteiger partial charge >= 0.3 is 5.97 Å². The number of ether oxygens (including phenoxy) is 1. The van der Waals surface area contributed by atoms with Crippen LogP contribution in [0.4, 0.5) is 0 Å². The van der Waals surface area contributed by atoms with Gasteiger partial charge in [-0.25, -0.2) is 0 Å². The SMILES string of the molecule is CC[C@@H]1CC(=O)O[C@H]1CO. The second-order valence-corrected chi connectivity index (χ2v) is 2.58. The maximum absolute atomic E-state index is 10.6. The van der Waals surface area contributed by atoms with Gasteiger partial charge in [-0.1, -0.05) is 6.92 Å². The summed E-state index contributed by atoms with van der Waals surface area (Å²) in [5.41, 5.74) is 0. The number of carbonyl (C=O) groups excluding carboxylic acids is 1. The molecule has 0 unspecified atom stereocenters. The van der Waals surface area contributed by atoms with Crippen LogP contribution in [0.25, 0.3) is 0 Å². The predicted molar refractivity (Wildman–Crippen MR) is 35.4 cm³/mol. The van der Waals surface area contributed by atoms with E-state index in [0.717, 1.165) is 6.42 Å². The van der Waals surface area contributed by atoms with Crippen molar-refractivity contribution in [1.29, 1.82) is 0 Å². The Hall–Kier alpha value is -0.570. The lowest BCUT2D eigenvalue weighted by Crippen LogP contribution is -2.19. The second kappa shape index (κ2) is 3.01. The number of hydrogen-bond donors (Lipinski definition) is 1. The number of cyclic esters (lactones) is 1. The fourth-order valence-corrected chi connectivity index (χ4v) is 1.25. The van der Waals surface area contributed by atoms with E-state index in [0.29, 0.717) is 6.42 Å². The van der Waals surface area contributed by atoms with Crippen LogP contribution in [0.1, 0.15) is 19.8 Å². The molecule has 0 aromatic rings. The molecule has 1 aliphatic rings. The fourth-order valence-electron chi connectivity index (χ4n) is 1.25. The van der Waals surface area contributed by atoms with Crippen molar-refractivity contribution in [3.8, 4) is 0 Å². The minimum absolute atomic E-state index is 0.0375. The number of carbonyl (C=O) groups is 1. The Morgan fingerprint density at radius 3 is 2.90 bits per heavy atom. The van der Waals surface area contributed by atoms with Crippen molar-refractivity contribution in [2.45, 2.75) is 25.9 Å². The number of hydrogen-bond acceptors (Lipinski definition) is 3. The van der Waals surface area contributed by atoms with Crippen molar-refractivity contribution >= 4 is 5.97 Å². The standard InChI is InChI=1S/C7H12O3/c1-2-5-3-7(9)10-6(5)4-8/h5-6,8H,2-4H2,1H3/t5-,6+/m1/s1. The van der Waals surface area contributed by atoms with E-state index in [1.165, 1.54) is 0 Å². The average Bonchev–Trinajstić information content (AvgIpc) is 2.30. The first kappa shape index (κ1) is 7.54. The Morgan fingerprint density at radius 1 is 1.80 bits per heavy atom. The van der Waals surface area contributed by atoms with Crippen LogP contribution in [0.3, 0.4) is 0 Å². The first-order chi connectivity index (χ1) is 4.77. The van der Waals surface area contributed by atoms with Crippen LogP contribution in [0.2, 0.25) is 0 Å². The van der Waals surface area contributed by atoms with Crippen LogP contribution in [0, 0.1) is 5.92 Å². The number of aliphatic hydroxyl groups is 1. The van der Waals surface area contributed by atoms with E-state index in [-0.39, 0.29) is 24.6 Å². The highest BCUT2D eigenvalue weighted by molar-refractivity contribution is 5.72. The van der Waals surface area contributed by atoms with Crippen molar-refractivity contribution in [1.82, 2.24) is 0 Å². The summed E-state index contributed by atoms with van der Waals surface area (Å²) < 4.78 is 4.83. The molecule has 1 heterocycles. The molecule has 1 rings (SSSR count). The summed E-state index contributed by atoms with van der Waals surface area (Å²) in [7, 11) is 0. The number of rotatable bonds is 2. The van der Waals surface area contributed by atoms with E-state index < -0.39 is 0 Å². The molecule has 0 radical (unpaired) electrons. The molecule has 0 spiro atoms. The summed E-state index contributed by atoms with van der Waals surface area (Å²) >= 11 is 0. The second-order valence-electron chi connectivity index (χ2n) is 2.58. The van der Waals surface area contributed by atoms with Gasteiger partial charge in [0.15, 0.2) is 0 Å². The quantitative estimate of drug-likeness (QED) is 0.568. The zero-order valence-corrected chi connectivity index (χ0v) is 6.04. The van der Waals surface area contributed by atoms with Gasteiger partial charge in [-0.15, -0.1) is 0 Å². The van der Waals surface area contributed by atoms with Gasteiger partial charge in [-0.2, -0.15) is 0 Å². The smallest absolute Gasteiger partial charge is 0.306 e. The molecule has 3 nitrogen and oxygen atoms in total. The largest absolute Gasteiger partial charge is 0.460 e. The Balaban J connectivity index is 2.48. The van der Waals surface area contributed by atoms with Crippen LogP contribution in [-0.2, 0) is 9.53 Å². The summed E-state index contributed by atoms with van der Waals surface area (Å²) in [5, 5.41) is 8.71. The van der Waals surface area contributed by atoms with Gasteiger partial charge in [0, 0.05) is 5.92 Å². The molecule has 58 valence electrons. The summed E-state index contributed by atoms with van der Waals surface area (Å²) in [4.78, 5) is 10.6. The van der Waals surface area contributed by atoms with Crippen LogP contribution in [-0.4, -0.2) is 23.8 Å². The van der Waals surface area contributed by atoms with Gasteiger partial charge in [-0.05, 0) is 6.42 Å². The van der Waals surface area contributed by atoms with Gasteiger partial charge in [0.2, 0.25) is 0 Å². The molecule has 10 heavy (non-hydrogen) atoms. The first-order valence-corrected chi connectivity index (χ1v) is 3.58. The highest BCUT2D eigenvalue weighted by Crippen LogP contribution is 2.24. The highest BCUT2D eigenvalue weighted by atomic mass is 16.6. The molecule has 1 fully saturated rings. The zero-order valence-electron chi connectivity index (χ0n) is 6.04. The zero-order chi connectivity index (χ0) is 7.56. The third-order valence-corrected chi connectivity index (χ3v) is 1.94. The normalized spacial score (nSPS) is 32.4. The Morgan fingerprint density at radius 2 is 2.50 bits per heavy atom. The maximum atomic E-state index is 10.6. The van der Waals surface area contributed by atoms with Crippen LogP contribution >= 0.6 is 0 Å². The minimum Gasteiger partial charge on any atom is -0.460 e. The monoisotopic (exact) mass is 144 g/mol. The van der Waals surface area contributed by atoms with Gasteiger partial charge in [0.05, 0.1) is 13.0 Å². The Kier molecular flexibility index (Phi) is 2.27. The maximum Gasteiger partial charge on any atom is 0.306 e. The summed E-state index contributed by atoms with van der Waals surface area (Å²) in [5.74, 6) is 0.0587. The van der Waals surface area contributed by atoms with Crippen molar-refractivity contribution in [2.24, 2.45) is 5.92 Å². The van der Waals surface area contributed by atoms with Crippen molar-refractivity contribution in [3.05, 3.63) is 0 Å². The molecule has 0 saturated carbocycles. The van der Waals surface area contributed by atoms with Crippen molar-refractivity contribution < 1.29 is 14.6 Å². The molecule has 0 amide bonds. The average molecular weight is 144 g/mol. The van der Waals surface area contributed by atoms with Crippen LogP contribution in [0.5, 0.6) is 0 Å². The molecule has 0 bridgehead atoms. The summed E-state index contributed by atoms with van der Waals surface area (Å²) in [6.45, 7) is 1.96. The molecule has 3 heteroatoms. The molecule has 1 saturated heterocycles. The van der Waals surface area contributed by atoms with Gasteiger partial charge < -0.3 is 9.84 Å². The third kappa shape index (κ3) is 1.29. The molecular weight excluding hydrogens is 132 g/mol. The van der Waals surface area contributed by atoms with E-state index in [1.54, 1.807) is 0 Å². The van der Waals surface area contributed by atoms with Crippen molar-refractivity contribution in [2.75, 3.05) is 6.61 Å². The van der Waals surface area contributed by atoms with Crippen LogP contribution < -0.4 is 0 Å². The summed E-state index contributed by atoms with van der Waals surface area (Å²) in [6, 6.07) is 0. The predicted octanol–water partition coefficient (Wildman–Crippen LogP) is 0.320. The van der Waals surface area contributed by atoms with E-state index >= 15 is 0 Å². The molecule has 0 aliphatic carbocycles. The third-order valence-electron chi connectivity index (χ3n) is 1.94. The number of aliphatic hydroxyl groups excluding tert-OH is 1. The van der Waals surface area contributed by atoms with Crippen molar-refractivity contribution in [3.63, 3.8) is 0 Å². The van der Waals surface area contributed by atoms with Gasteiger partial charge in [-0.3, -0.25) is 4.79 Å². The van der Waals surface area contributed by atoms with E-state index in [9.17, 15) is 4.79 Å². The van der Waals surface area contributed by atoms with Crippen LogP contribution in [0.15, 0.2) is 0 Å². The first-order valence-electron chi connectivity index (χ1n) is 3.58. The Bertz CT molecular complexity index is 119. The van der Waals surface area contributed by atoms with E-state index in [2.05, 4.69) is 0 Å². The highest BCUT2D eigenvalue weighted by Gasteiger charge is 2.32. The molecular formula is C7H12O3. The molecule has 1 N–H and O–H groups in total. The van der Waals surface area contributed by atoms with E-state index in [1.807, 2.05) is 6.92 Å². The molecule has 1 aliphatic heterocycles. The topological polar surface area (TPSA) is 46.5 Å². The fraction of sp³-hybridized carbons (Fsp3) is 0.857. The Labute approximate surface area is 60.0 Å². The lowest BCUT2D eigenvalue weighted by Gasteiger charge is -2.11. The van der Waals surface area contributed by atoms with Gasteiger partial charge in [0.25, 0.3) is 0 Å². The lowest BCUT2D eigenvalue weighted by atomic mass is 9.99. The minimum atomic E-state index is -0.238. The molecule has 0 aromatic heterocycles. The summed E-state index contributed by atoms with van der Waals surface area (Å²) in [6.07, 6.45) is 1.14. The van der Waals surface area contributed by atoms with E-state index in [4.69, 9.17) is 9.84 Å². The molecule has 0 aromatic carbocycles. The van der Waals surface area contributed by atoms with Gasteiger partial charge in [0.1, 0.15) is 6.10 Å². The number of esters is 1. The molecule has 2 atom stereocenters.